The van der Waals surface area contributed by atoms with E-state index in [0.717, 1.165) is 19.5 Å². The highest BCUT2D eigenvalue weighted by atomic mass is 35.5. The van der Waals surface area contributed by atoms with Gasteiger partial charge < -0.3 is 24.3 Å². The molecule has 2 heterocycles. The zero-order valence-electron chi connectivity index (χ0n) is 11.5. The molecule has 4 unspecified atom stereocenters. The number of methoxy groups -OCH3 is 1. The molecule has 5 nitrogen and oxygen atoms in total. The summed E-state index contributed by atoms with van der Waals surface area (Å²) in [5.41, 5.74) is 0. The summed E-state index contributed by atoms with van der Waals surface area (Å²) in [5.74, 6) is -0.543. The van der Waals surface area contributed by atoms with E-state index in [4.69, 9.17) is 18.9 Å². The van der Waals surface area contributed by atoms with Gasteiger partial charge in [-0.15, -0.1) is 12.4 Å². The van der Waals surface area contributed by atoms with Gasteiger partial charge in [0.2, 0.25) is 0 Å². The largest absolute Gasteiger partial charge is 0.353 e. The molecule has 0 aromatic heterocycles. The number of rotatable bonds is 5. The van der Waals surface area contributed by atoms with Crippen LogP contribution in [0.5, 0.6) is 0 Å². The average molecular weight is 282 g/mol. The fourth-order valence-electron chi connectivity index (χ4n) is 2.42. The lowest BCUT2D eigenvalue weighted by molar-refractivity contribution is -0.226. The molecular weight excluding hydrogens is 258 g/mol. The zero-order chi connectivity index (χ0) is 12.5. The van der Waals surface area contributed by atoms with Crippen molar-refractivity contribution in [2.24, 2.45) is 0 Å². The van der Waals surface area contributed by atoms with E-state index in [0.29, 0.717) is 0 Å². The predicted molar refractivity (Wildman–Crippen MR) is 69.9 cm³/mol. The number of nitrogens with one attached hydrogen (secondary N) is 1. The van der Waals surface area contributed by atoms with Crippen LogP contribution in [0.15, 0.2) is 0 Å². The van der Waals surface area contributed by atoms with Crippen LogP contribution in [0.4, 0.5) is 0 Å². The number of hydrogen-bond donors (Lipinski definition) is 1. The summed E-state index contributed by atoms with van der Waals surface area (Å²) in [4.78, 5) is 0. The molecule has 6 heteroatoms. The van der Waals surface area contributed by atoms with E-state index < -0.39 is 5.79 Å². The molecule has 2 saturated heterocycles. The first-order chi connectivity index (χ1) is 8.07. The molecule has 0 saturated carbocycles. The van der Waals surface area contributed by atoms with Crippen LogP contribution < -0.4 is 5.32 Å². The fraction of sp³-hybridized carbons (Fsp3) is 1.00. The molecule has 0 aliphatic carbocycles. The Hall–Kier alpha value is 0.0900. The van der Waals surface area contributed by atoms with Crippen LogP contribution in [0.3, 0.4) is 0 Å². The highest BCUT2D eigenvalue weighted by Crippen LogP contribution is 2.38. The molecule has 108 valence electrons. The molecule has 1 N–H and O–H groups in total. The van der Waals surface area contributed by atoms with E-state index in [9.17, 15) is 0 Å². The Kier molecular flexibility index (Phi) is 5.83. The Morgan fingerprint density at radius 2 is 1.89 bits per heavy atom. The molecule has 2 fully saturated rings. The van der Waals surface area contributed by atoms with Gasteiger partial charge in [-0.1, -0.05) is 6.92 Å². The second-order valence-corrected chi connectivity index (χ2v) is 5.05. The minimum Gasteiger partial charge on any atom is -0.353 e. The average Bonchev–Trinajstić information content (AvgIpc) is 2.73. The highest BCUT2D eigenvalue weighted by molar-refractivity contribution is 5.85. The van der Waals surface area contributed by atoms with Gasteiger partial charge in [0.15, 0.2) is 12.1 Å². The Morgan fingerprint density at radius 1 is 1.22 bits per heavy atom. The molecule has 0 radical (unpaired) electrons. The highest BCUT2D eigenvalue weighted by Gasteiger charge is 2.55. The van der Waals surface area contributed by atoms with Gasteiger partial charge in [0.1, 0.15) is 18.3 Å². The summed E-state index contributed by atoms with van der Waals surface area (Å²) in [6.45, 7) is 7.75. The molecule has 2 aliphatic rings. The summed E-state index contributed by atoms with van der Waals surface area (Å²) in [7, 11) is 1.64. The molecule has 2 aliphatic heterocycles. The fourth-order valence-corrected chi connectivity index (χ4v) is 2.42. The molecule has 2 rings (SSSR count). The van der Waals surface area contributed by atoms with Gasteiger partial charge in [0.25, 0.3) is 0 Å². The van der Waals surface area contributed by atoms with Crippen molar-refractivity contribution in [3.05, 3.63) is 0 Å². The van der Waals surface area contributed by atoms with E-state index in [-0.39, 0.29) is 37.0 Å². The summed E-state index contributed by atoms with van der Waals surface area (Å²) in [5, 5.41) is 3.35. The normalized spacial score (nSPS) is 37.3. The Morgan fingerprint density at radius 3 is 2.50 bits per heavy atom. The van der Waals surface area contributed by atoms with E-state index in [1.807, 2.05) is 13.8 Å². The van der Waals surface area contributed by atoms with E-state index >= 15 is 0 Å². The summed E-state index contributed by atoms with van der Waals surface area (Å²) in [6.07, 6.45) is 0.619. The lowest BCUT2D eigenvalue weighted by atomic mass is 10.1. The smallest absolute Gasteiger partial charge is 0.186 e. The van der Waals surface area contributed by atoms with Gasteiger partial charge in [-0.3, -0.25) is 0 Å². The number of halogens is 1. The quantitative estimate of drug-likeness (QED) is 0.770. The number of hydrogen-bond acceptors (Lipinski definition) is 5. The monoisotopic (exact) mass is 281 g/mol. The molecule has 0 amide bonds. The Bertz CT molecular complexity index is 264. The van der Waals surface area contributed by atoms with E-state index in [1.54, 1.807) is 7.11 Å². The van der Waals surface area contributed by atoms with Crippen molar-refractivity contribution >= 4 is 12.4 Å². The third kappa shape index (κ3) is 3.35. The van der Waals surface area contributed by atoms with Gasteiger partial charge in [0, 0.05) is 13.7 Å². The van der Waals surface area contributed by atoms with Crippen LogP contribution in [-0.4, -0.2) is 50.6 Å². The number of ether oxygens (including phenoxy) is 4. The predicted octanol–water partition coefficient (Wildman–Crippen LogP) is 1.30. The van der Waals surface area contributed by atoms with Gasteiger partial charge in [-0.25, -0.2) is 0 Å². The second-order valence-electron chi connectivity index (χ2n) is 5.05. The molecule has 0 aromatic rings. The minimum absolute atomic E-state index is 0. The molecule has 0 bridgehead atoms. The Labute approximate surface area is 115 Å². The molecule has 0 spiro atoms. The Balaban J connectivity index is 0.00000162. The first-order valence-electron chi connectivity index (χ1n) is 6.32. The maximum atomic E-state index is 5.88. The van der Waals surface area contributed by atoms with Crippen LogP contribution in [0.1, 0.15) is 27.2 Å². The van der Waals surface area contributed by atoms with Crippen LogP contribution in [0.25, 0.3) is 0 Å². The first-order valence-corrected chi connectivity index (χ1v) is 6.32. The van der Waals surface area contributed by atoms with Crippen molar-refractivity contribution in [1.29, 1.82) is 0 Å². The van der Waals surface area contributed by atoms with Crippen molar-refractivity contribution in [2.45, 2.75) is 57.6 Å². The second kappa shape index (κ2) is 6.50. The standard InChI is InChI=1S/C12H23NO4.ClH/c1-5-6-13-7-8-9-10(11(14-4)15-8)17-12(2,3)16-9;/h8-11,13H,5-7H2,1-4H3;1H. The van der Waals surface area contributed by atoms with Crippen molar-refractivity contribution in [3.8, 4) is 0 Å². The lowest BCUT2D eigenvalue weighted by Crippen LogP contribution is -2.37. The van der Waals surface area contributed by atoms with Crippen LogP contribution in [0.2, 0.25) is 0 Å². The van der Waals surface area contributed by atoms with Crippen molar-refractivity contribution in [1.82, 2.24) is 5.32 Å². The first kappa shape index (κ1) is 16.1. The minimum atomic E-state index is -0.543. The van der Waals surface area contributed by atoms with Gasteiger partial charge in [-0.2, -0.15) is 0 Å². The van der Waals surface area contributed by atoms with Crippen molar-refractivity contribution in [3.63, 3.8) is 0 Å². The molecule has 4 atom stereocenters. The summed E-state index contributed by atoms with van der Waals surface area (Å²) < 4.78 is 22.8. The van der Waals surface area contributed by atoms with Gasteiger partial charge >= 0.3 is 0 Å². The maximum absolute atomic E-state index is 5.88. The van der Waals surface area contributed by atoms with Gasteiger partial charge in [0.05, 0.1) is 0 Å². The van der Waals surface area contributed by atoms with E-state index in [2.05, 4.69) is 12.2 Å². The van der Waals surface area contributed by atoms with Crippen LogP contribution in [-0.2, 0) is 18.9 Å². The van der Waals surface area contributed by atoms with Crippen LogP contribution in [0, 0.1) is 0 Å². The summed E-state index contributed by atoms with van der Waals surface area (Å²) >= 11 is 0. The zero-order valence-corrected chi connectivity index (χ0v) is 12.3. The molecule has 0 aromatic carbocycles. The maximum Gasteiger partial charge on any atom is 0.186 e. The molecular formula is C12H24ClNO4. The van der Waals surface area contributed by atoms with Crippen LogP contribution >= 0.6 is 12.4 Å². The third-order valence-corrected chi connectivity index (χ3v) is 3.11. The van der Waals surface area contributed by atoms with Crippen molar-refractivity contribution in [2.75, 3.05) is 20.2 Å². The third-order valence-electron chi connectivity index (χ3n) is 3.11. The number of fused-ring (bicyclic) bond motifs is 1. The van der Waals surface area contributed by atoms with Crippen molar-refractivity contribution < 1.29 is 18.9 Å². The summed E-state index contributed by atoms with van der Waals surface area (Å²) in [6, 6.07) is 0. The lowest BCUT2D eigenvalue weighted by Gasteiger charge is -2.23. The van der Waals surface area contributed by atoms with E-state index in [1.165, 1.54) is 0 Å². The van der Waals surface area contributed by atoms with Gasteiger partial charge in [-0.05, 0) is 26.8 Å². The topological polar surface area (TPSA) is 49.0 Å². The molecule has 18 heavy (non-hydrogen) atoms. The SMILES string of the molecule is CCCNCC1OC(OC)C2OC(C)(C)OC12.Cl.